The zero-order valence-corrected chi connectivity index (χ0v) is 14.9. The Labute approximate surface area is 153 Å². The summed E-state index contributed by atoms with van der Waals surface area (Å²) in [6.45, 7) is -1.13. The molecule has 26 heavy (non-hydrogen) atoms. The van der Waals surface area contributed by atoms with Crippen LogP contribution < -0.4 is 0 Å². The molecule has 2 aliphatic heterocycles. The average molecular weight is 394 g/mol. The zero-order valence-electron chi connectivity index (χ0n) is 14.1. The summed E-state index contributed by atoms with van der Waals surface area (Å²) in [5.41, 5.74) is 0. The standard InChI is InChI=1S/C16H21F3N2O4S/c17-16(18,19)11-6-20(5-10(11)15(24)25)14(23)12-7-26-8-21(12)13(22)9-3-1-2-4-9/h9-12H,1-8H2,(H,24,25)/t10-,11-,12?/m1/s1. The van der Waals surface area contributed by atoms with Crippen molar-refractivity contribution in [3.8, 4) is 0 Å². The number of aliphatic carboxylic acids is 1. The Morgan fingerprint density at radius 1 is 1.04 bits per heavy atom. The molecule has 3 fully saturated rings. The van der Waals surface area contributed by atoms with Crippen LogP contribution in [-0.2, 0) is 14.4 Å². The van der Waals surface area contributed by atoms with Gasteiger partial charge in [-0.25, -0.2) is 0 Å². The summed E-state index contributed by atoms with van der Waals surface area (Å²) >= 11 is 1.40. The lowest BCUT2D eigenvalue weighted by atomic mass is 9.96. The second-order valence-electron chi connectivity index (χ2n) is 7.14. The van der Waals surface area contributed by atoms with Crippen molar-refractivity contribution in [1.29, 1.82) is 0 Å². The second-order valence-corrected chi connectivity index (χ2v) is 8.14. The SMILES string of the molecule is O=C(O)[C@@H]1CN(C(=O)C2CSCN2C(=O)C2CCCC2)C[C@H]1C(F)(F)F. The first-order valence-corrected chi connectivity index (χ1v) is 9.82. The second kappa shape index (κ2) is 7.28. The monoisotopic (exact) mass is 394 g/mol. The number of nitrogens with zero attached hydrogens (tertiary/aromatic N) is 2. The molecule has 0 aromatic carbocycles. The Bertz CT molecular complexity index is 595. The highest BCUT2D eigenvalue weighted by atomic mass is 32.2. The summed E-state index contributed by atoms with van der Waals surface area (Å²) in [4.78, 5) is 39.1. The normalized spacial score (nSPS) is 30.2. The molecule has 146 valence electrons. The van der Waals surface area contributed by atoms with Crippen LogP contribution in [0.15, 0.2) is 0 Å². The van der Waals surface area contributed by atoms with Gasteiger partial charge in [-0.2, -0.15) is 13.2 Å². The van der Waals surface area contributed by atoms with Crippen LogP contribution in [0.5, 0.6) is 0 Å². The lowest BCUT2D eigenvalue weighted by Crippen LogP contribution is -2.50. The highest BCUT2D eigenvalue weighted by molar-refractivity contribution is 7.99. The minimum absolute atomic E-state index is 0.104. The van der Waals surface area contributed by atoms with Crippen LogP contribution in [0, 0.1) is 17.8 Å². The number of halogens is 3. The van der Waals surface area contributed by atoms with E-state index in [0.717, 1.165) is 30.6 Å². The number of amides is 2. The van der Waals surface area contributed by atoms with Gasteiger partial charge in [-0.1, -0.05) is 12.8 Å². The van der Waals surface area contributed by atoms with Crippen molar-refractivity contribution >= 4 is 29.5 Å². The predicted octanol–water partition coefficient (Wildman–Crippen LogP) is 1.80. The van der Waals surface area contributed by atoms with Crippen molar-refractivity contribution < 1.29 is 32.7 Å². The van der Waals surface area contributed by atoms with E-state index in [4.69, 9.17) is 5.11 Å². The van der Waals surface area contributed by atoms with Gasteiger partial charge in [0.2, 0.25) is 11.8 Å². The number of likely N-dealkylation sites (tertiary alicyclic amines) is 1. The Morgan fingerprint density at radius 2 is 1.69 bits per heavy atom. The molecule has 6 nitrogen and oxygen atoms in total. The lowest BCUT2D eigenvalue weighted by Gasteiger charge is -2.29. The average Bonchev–Trinajstić information content (AvgIpc) is 3.32. The molecule has 2 heterocycles. The molecule has 3 atom stereocenters. The maximum atomic E-state index is 13.1. The van der Waals surface area contributed by atoms with E-state index in [1.54, 1.807) is 0 Å². The molecule has 1 aliphatic carbocycles. The van der Waals surface area contributed by atoms with Gasteiger partial charge in [-0.3, -0.25) is 14.4 Å². The number of alkyl halides is 3. The number of carboxylic acids is 1. The fourth-order valence-corrected chi connectivity index (χ4v) is 5.20. The molecule has 10 heteroatoms. The number of carboxylic acid groups (broad SMARTS) is 1. The summed E-state index contributed by atoms with van der Waals surface area (Å²) < 4.78 is 39.4. The quantitative estimate of drug-likeness (QED) is 0.790. The van der Waals surface area contributed by atoms with Gasteiger partial charge < -0.3 is 14.9 Å². The topological polar surface area (TPSA) is 77.9 Å². The molecule has 3 rings (SSSR count). The van der Waals surface area contributed by atoms with E-state index in [2.05, 4.69) is 0 Å². The van der Waals surface area contributed by atoms with Crippen LogP contribution in [0.25, 0.3) is 0 Å². The van der Waals surface area contributed by atoms with E-state index in [9.17, 15) is 27.6 Å². The molecule has 1 N–H and O–H groups in total. The van der Waals surface area contributed by atoms with Crippen LogP contribution >= 0.6 is 11.8 Å². The smallest absolute Gasteiger partial charge is 0.394 e. The number of hydrogen-bond acceptors (Lipinski definition) is 4. The minimum Gasteiger partial charge on any atom is -0.481 e. The minimum atomic E-state index is -4.68. The highest BCUT2D eigenvalue weighted by Crippen LogP contribution is 2.39. The Kier molecular flexibility index (Phi) is 5.41. The zero-order chi connectivity index (χ0) is 19.1. The molecule has 0 radical (unpaired) electrons. The molecular weight excluding hydrogens is 373 g/mol. The lowest BCUT2D eigenvalue weighted by molar-refractivity contribution is -0.188. The molecule has 1 saturated carbocycles. The van der Waals surface area contributed by atoms with Gasteiger partial charge in [-0.15, -0.1) is 11.8 Å². The van der Waals surface area contributed by atoms with Gasteiger partial charge in [0.15, 0.2) is 0 Å². The van der Waals surface area contributed by atoms with E-state index in [-0.39, 0.29) is 11.8 Å². The maximum absolute atomic E-state index is 13.1. The number of carbonyl (C=O) groups is 3. The first-order chi connectivity index (χ1) is 12.2. The molecule has 0 aromatic rings. The summed E-state index contributed by atoms with van der Waals surface area (Å²) in [5, 5.41) is 9.09. The number of thioether (sulfide) groups is 1. The summed E-state index contributed by atoms with van der Waals surface area (Å²) in [7, 11) is 0. The summed E-state index contributed by atoms with van der Waals surface area (Å²) in [6, 6.07) is -0.797. The Balaban J connectivity index is 1.71. The first-order valence-electron chi connectivity index (χ1n) is 8.66. The largest absolute Gasteiger partial charge is 0.481 e. The van der Waals surface area contributed by atoms with Gasteiger partial charge in [0.25, 0.3) is 0 Å². The molecular formula is C16H21F3N2O4S. The van der Waals surface area contributed by atoms with Crippen LogP contribution in [0.1, 0.15) is 25.7 Å². The van der Waals surface area contributed by atoms with Gasteiger partial charge in [-0.05, 0) is 12.8 Å². The van der Waals surface area contributed by atoms with Gasteiger partial charge in [0, 0.05) is 24.8 Å². The van der Waals surface area contributed by atoms with E-state index in [1.807, 2.05) is 0 Å². The Morgan fingerprint density at radius 3 is 2.23 bits per heavy atom. The van der Waals surface area contributed by atoms with E-state index in [0.29, 0.717) is 11.6 Å². The van der Waals surface area contributed by atoms with Crippen LogP contribution in [0.4, 0.5) is 13.2 Å². The van der Waals surface area contributed by atoms with Crippen molar-refractivity contribution in [1.82, 2.24) is 9.80 Å². The summed E-state index contributed by atoms with van der Waals surface area (Å²) in [5.74, 6) is -5.39. The van der Waals surface area contributed by atoms with Crippen LogP contribution in [0.3, 0.4) is 0 Å². The van der Waals surface area contributed by atoms with E-state index >= 15 is 0 Å². The van der Waals surface area contributed by atoms with Crippen molar-refractivity contribution in [2.45, 2.75) is 37.9 Å². The number of carbonyl (C=O) groups excluding carboxylic acids is 2. The number of rotatable bonds is 3. The number of hydrogen-bond donors (Lipinski definition) is 1. The van der Waals surface area contributed by atoms with Crippen LogP contribution in [0.2, 0.25) is 0 Å². The maximum Gasteiger partial charge on any atom is 0.394 e. The molecule has 2 amide bonds. The highest BCUT2D eigenvalue weighted by Gasteiger charge is 2.54. The molecule has 0 aromatic heterocycles. The fraction of sp³-hybridized carbons (Fsp3) is 0.812. The molecule has 0 bridgehead atoms. The summed E-state index contributed by atoms with van der Waals surface area (Å²) in [6.07, 6.45) is -1.18. The molecule has 1 unspecified atom stereocenters. The van der Waals surface area contributed by atoms with Crippen LogP contribution in [-0.4, -0.2) is 69.6 Å². The molecule has 0 spiro atoms. The van der Waals surface area contributed by atoms with Crippen molar-refractivity contribution in [2.75, 3.05) is 24.7 Å². The molecule has 3 aliphatic rings. The van der Waals surface area contributed by atoms with Crippen molar-refractivity contribution in [3.05, 3.63) is 0 Å². The molecule has 2 saturated heterocycles. The third-order valence-corrected chi connectivity index (χ3v) is 6.54. The van der Waals surface area contributed by atoms with E-state index < -0.39 is 49.0 Å². The third-order valence-electron chi connectivity index (χ3n) is 5.52. The predicted molar refractivity (Wildman–Crippen MR) is 87.2 cm³/mol. The third kappa shape index (κ3) is 3.65. The Hall–Kier alpha value is -1.45. The first kappa shape index (κ1) is 19.3. The van der Waals surface area contributed by atoms with Crippen molar-refractivity contribution in [2.24, 2.45) is 17.8 Å². The van der Waals surface area contributed by atoms with Crippen molar-refractivity contribution in [3.63, 3.8) is 0 Å². The van der Waals surface area contributed by atoms with Gasteiger partial charge in [0.1, 0.15) is 6.04 Å². The fourth-order valence-electron chi connectivity index (χ4n) is 4.05. The van der Waals surface area contributed by atoms with Gasteiger partial charge in [0.05, 0.1) is 17.7 Å². The van der Waals surface area contributed by atoms with Gasteiger partial charge >= 0.3 is 12.1 Å². The van der Waals surface area contributed by atoms with E-state index in [1.165, 1.54) is 16.7 Å².